The van der Waals surface area contributed by atoms with Gasteiger partial charge in [-0.25, -0.2) is 4.98 Å². The van der Waals surface area contributed by atoms with Gasteiger partial charge in [0, 0.05) is 11.8 Å². The Kier molecular flexibility index (Phi) is 4.01. The summed E-state index contributed by atoms with van der Waals surface area (Å²) in [6.07, 6.45) is 0. The van der Waals surface area contributed by atoms with Crippen LogP contribution in [-0.4, -0.2) is 24.2 Å². The van der Waals surface area contributed by atoms with Gasteiger partial charge < -0.3 is 14.5 Å². The van der Waals surface area contributed by atoms with Crippen LogP contribution in [0.1, 0.15) is 5.56 Å². The minimum Gasteiger partial charge on any atom is -0.497 e. The SMILES string of the molecule is COc1cccc(CSc2nc3ccc(OC)cc3[nH]2)c1. The molecule has 0 aliphatic carbocycles. The molecule has 0 amide bonds. The Hall–Kier alpha value is -2.14. The molecule has 0 atom stereocenters. The van der Waals surface area contributed by atoms with Crippen molar-refractivity contribution < 1.29 is 9.47 Å². The van der Waals surface area contributed by atoms with E-state index in [1.165, 1.54) is 5.56 Å². The molecule has 0 bridgehead atoms. The molecule has 0 fully saturated rings. The number of thioether (sulfide) groups is 1. The average molecular weight is 300 g/mol. The van der Waals surface area contributed by atoms with Crippen molar-refractivity contribution in [2.24, 2.45) is 0 Å². The van der Waals surface area contributed by atoms with Crippen molar-refractivity contribution in [1.29, 1.82) is 0 Å². The van der Waals surface area contributed by atoms with Crippen LogP contribution in [0.25, 0.3) is 11.0 Å². The van der Waals surface area contributed by atoms with Crippen molar-refractivity contribution >= 4 is 22.8 Å². The maximum absolute atomic E-state index is 5.23. The molecule has 0 saturated heterocycles. The summed E-state index contributed by atoms with van der Waals surface area (Å²) in [7, 11) is 3.34. The van der Waals surface area contributed by atoms with Gasteiger partial charge in [0.25, 0.3) is 0 Å². The van der Waals surface area contributed by atoms with E-state index in [1.54, 1.807) is 26.0 Å². The van der Waals surface area contributed by atoms with Crippen LogP contribution < -0.4 is 9.47 Å². The maximum atomic E-state index is 5.23. The first-order chi connectivity index (χ1) is 10.3. The molecule has 5 heteroatoms. The Morgan fingerprint density at radius 2 is 1.86 bits per heavy atom. The van der Waals surface area contributed by atoms with E-state index in [1.807, 2.05) is 36.4 Å². The van der Waals surface area contributed by atoms with Crippen LogP contribution in [0.2, 0.25) is 0 Å². The molecule has 4 nitrogen and oxygen atoms in total. The van der Waals surface area contributed by atoms with Gasteiger partial charge in [-0.3, -0.25) is 0 Å². The highest BCUT2D eigenvalue weighted by atomic mass is 32.2. The Bertz CT molecular complexity index is 755. The summed E-state index contributed by atoms with van der Waals surface area (Å²) in [5.41, 5.74) is 3.14. The second-order valence-corrected chi connectivity index (χ2v) is 5.53. The van der Waals surface area contributed by atoms with Crippen LogP contribution in [0.15, 0.2) is 47.6 Å². The molecule has 21 heavy (non-hydrogen) atoms. The summed E-state index contributed by atoms with van der Waals surface area (Å²) in [5, 5.41) is 0.904. The van der Waals surface area contributed by atoms with E-state index >= 15 is 0 Å². The standard InChI is InChI=1S/C16H16N2O2S/c1-19-12-5-3-4-11(8-12)10-21-16-17-14-7-6-13(20-2)9-15(14)18-16/h3-9H,10H2,1-2H3,(H,17,18). The summed E-state index contributed by atoms with van der Waals surface area (Å²) < 4.78 is 10.5. The number of fused-ring (bicyclic) bond motifs is 1. The molecule has 1 aromatic heterocycles. The first-order valence-corrected chi connectivity index (χ1v) is 7.56. The van der Waals surface area contributed by atoms with E-state index in [4.69, 9.17) is 9.47 Å². The highest BCUT2D eigenvalue weighted by molar-refractivity contribution is 7.98. The van der Waals surface area contributed by atoms with Crippen LogP contribution in [0.4, 0.5) is 0 Å². The minimum atomic E-state index is 0.829. The predicted octanol–water partition coefficient (Wildman–Crippen LogP) is 3.87. The van der Waals surface area contributed by atoms with E-state index < -0.39 is 0 Å². The van der Waals surface area contributed by atoms with Crippen molar-refractivity contribution in [2.75, 3.05) is 14.2 Å². The van der Waals surface area contributed by atoms with Gasteiger partial charge in [0.15, 0.2) is 5.16 Å². The third-order valence-electron chi connectivity index (χ3n) is 3.18. The van der Waals surface area contributed by atoms with Crippen molar-refractivity contribution in [3.8, 4) is 11.5 Å². The van der Waals surface area contributed by atoms with Gasteiger partial charge in [0.05, 0.1) is 25.3 Å². The Morgan fingerprint density at radius 1 is 1.05 bits per heavy atom. The highest BCUT2D eigenvalue weighted by Gasteiger charge is 2.05. The van der Waals surface area contributed by atoms with Crippen molar-refractivity contribution in [1.82, 2.24) is 9.97 Å². The lowest BCUT2D eigenvalue weighted by atomic mass is 10.2. The molecule has 0 radical (unpaired) electrons. The zero-order chi connectivity index (χ0) is 14.7. The molecule has 0 spiro atoms. The molecular formula is C16H16N2O2S. The fourth-order valence-corrected chi connectivity index (χ4v) is 2.90. The zero-order valence-electron chi connectivity index (χ0n) is 11.9. The van der Waals surface area contributed by atoms with Crippen LogP contribution in [0.3, 0.4) is 0 Å². The van der Waals surface area contributed by atoms with Gasteiger partial charge in [0.1, 0.15) is 11.5 Å². The number of methoxy groups -OCH3 is 2. The third kappa shape index (κ3) is 3.13. The van der Waals surface area contributed by atoms with E-state index in [-0.39, 0.29) is 0 Å². The van der Waals surface area contributed by atoms with Crippen molar-refractivity contribution in [2.45, 2.75) is 10.9 Å². The van der Waals surface area contributed by atoms with Crippen LogP contribution in [0.5, 0.6) is 11.5 Å². The van der Waals surface area contributed by atoms with Crippen LogP contribution in [0, 0.1) is 0 Å². The number of nitrogens with one attached hydrogen (secondary N) is 1. The highest BCUT2D eigenvalue weighted by Crippen LogP contribution is 2.26. The molecule has 0 aliphatic rings. The normalized spacial score (nSPS) is 10.8. The lowest BCUT2D eigenvalue weighted by Crippen LogP contribution is -1.86. The molecule has 108 valence electrons. The first kappa shape index (κ1) is 13.8. The molecule has 0 saturated carbocycles. The second-order valence-electron chi connectivity index (χ2n) is 4.57. The number of benzene rings is 2. The third-order valence-corrected chi connectivity index (χ3v) is 4.12. The number of nitrogens with zero attached hydrogens (tertiary/aromatic N) is 1. The second kappa shape index (κ2) is 6.10. The average Bonchev–Trinajstić information content (AvgIpc) is 2.95. The number of aromatic nitrogens is 2. The Balaban J connectivity index is 1.75. The number of hydrogen-bond donors (Lipinski definition) is 1. The summed E-state index contributed by atoms with van der Waals surface area (Å²) in [5.74, 6) is 2.55. The number of hydrogen-bond acceptors (Lipinski definition) is 4. The number of H-pyrrole nitrogens is 1. The van der Waals surface area contributed by atoms with Crippen LogP contribution in [-0.2, 0) is 5.75 Å². The molecule has 2 aromatic carbocycles. The number of aromatic amines is 1. The van der Waals surface area contributed by atoms with Crippen molar-refractivity contribution in [3.63, 3.8) is 0 Å². The first-order valence-electron chi connectivity index (χ1n) is 6.58. The molecule has 1 N–H and O–H groups in total. The molecule has 0 unspecified atom stereocenters. The van der Waals surface area contributed by atoms with E-state index in [2.05, 4.69) is 16.0 Å². The van der Waals surface area contributed by atoms with E-state index in [0.29, 0.717) is 0 Å². The lowest BCUT2D eigenvalue weighted by molar-refractivity contribution is 0.414. The molecule has 0 aliphatic heterocycles. The monoisotopic (exact) mass is 300 g/mol. The van der Waals surface area contributed by atoms with Gasteiger partial charge in [0.2, 0.25) is 0 Å². The number of imidazole rings is 1. The molecule has 1 heterocycles. The van der Waals surface area contributed by atoms with E-state index in [9.17, 15) is 0 Å². The summed E-state index contributed by atoms with van der Waals surface area (Å²) >= 11 is 1.67. The fourth-order valence-electron chi connectivity index (χ4n) is 2.07. The van der Waals surface area contributed by atoms with Crippen molar-refractivity contribution in [3.05, 3.63) is 48.0 Å². The molecule has 3 aromatic rings. The molecule has 3 rings (SSSR count). The van der Waals surface area contributed by atoms with Gasteiger partial charge >= 0.3 is 0 Å². The van der Waals surface area contributed by atoms with Gasteiger partial charge in [-0.15, -0.1) is 0 Å². The Morgan fingerprint density at radius 3 is 2.67 bits per heavy atom. The van der Waals surface area contributed by atoms with Gasteiger partial charge in [-0.2, -0.15) is 0 Å². The smallest absolute Gasteiger partial charge is 0.166 e. The van der Waals surface area contributed by atoms with Crippen LogP contribution >= 0.6 is 11.8 Å². The summed E-state index contributed by atoms with van der Waals surface area (Å²) in [6.45, 7) is 0. The number of rotatable bonds is 5. The fraction of sp³-hybridized carbons (Fsp3) is 0.188. The maximum Gasteiger partial charge on any atom is 0.166 e. The zero-order valence-corrected chi connectivity index (χ0v) is 12.7. The molecular weight excluding hydrogens is 284 g/mol. The lowest BCUT2D eigenvalue weighted by Gasteiger charge is -2.02. The van der Waals surface area contributed by atoms with E-state index in [0.717, 1.165) is 33.4 Å². The largest absolute Gasteiger partial charge is 0.497 e. The topological polar surface area (TPSA) is 47.1 Å². The Labute approximate surface area is 127 Å². The predicted molar refractivity (Wildman–Crippen MR) is 85.2 cm³/mol. The number of ether oxygens (including phenoxy) is 2. The van der Waals surface area contributed by atoms with Gasteiger partial charge in [-0.05, 0) is 29.8 Å². The quantitative estimate of drug-likeness (QED) is 0.727. The minimum absolute atomic E-state index is 0.829. The summed E-state index contributed by atoms with van der Waals surface area (Å²) in [6, 6.07) is 13.9. The van der Waals surface area contributed by atoms with Gasteiger partial charge in [-0.1, -0.05) is 23.9 Å². The summed E-state index contributed by atoms with van der Waals surface area (Å²) in [4.78, 5) is 7.88.